The molecule has 1 amide bonds. The molecule has 1 aromatic heterocycles. The number of hydrogen-bond acceptors (Lipinski definition) is 5. The van der Waals surface area contributed by atoms with Crippen LogP contribution in [-0.2, 0) is 11.3 Å². The lowest BCUT2D eigenvalue weighted by atomic mass is 10.1. The van der Waals surface area contributed by atoms with Crippen LogP contribution in [0.2, 0.25) is 0 Å². The highest BCUT2D eigenvalue weighted by atomic mass is 79.9. The lowest BCUT2D eigenvalue weighted by Gasteiger charge is -2.34. The van der Waals surface area contributed by atoms with E-state index >= 15 is 0 Å². The van der Waals surface area contributed by atoms with Crippen molar-refractivity contribution in [3.8, 4) is 0 Å². The minimum absolute atomic E-state index is 0.178. The third kappa shape index (κ3) is 5.39. The topological polar surface area (TPSA) is 65.8 Å². The molecule has 8 heteroatoms. The van der Waals surface area contributed by atoms with Gasteiger partial charge < -0.3 is 9.73 Å². The monoisotopic (exact) mass is 487 g/mol. The average molecular weight is 488 g/mol. The molecule has 1 fully saturated rings. The molecule has 0 radical (unpaired) electrons. The van der Waals surface area contributed by atoms with Crippen molar-refractivity contribution in [2.24, 2.45) is 0 Å². The van der Waals surface area contributed by atoms with Crippen molar-refractivity contribution in [3.63, 3.8) is 0 Å². The molecular formula is C23H23BrFN3O3. The van der Waals surface area contributed by atoms with Gasteiger partial charge in [-0.15, -0.1) is 0 Å². The molecule has 1 aliphatic rings. The predicted molar refractivity (Wildman–Crippen MR) is 122 cm³/mol. The highest BCUT2D eigenvalue weighted by Gasteiger charge is 2.20. The molecular weight excluding hydrogens is 465 g/mol. The Morgan fingerprint density at radius 3 is 2.58 bits per heavy atom. The van der Waals surface area contributed by atoms with Crippen molar-refractivity contribution in [1.29, 1.82) is 0 Å². The number of halogens is 2. The molecule has 3 aromatic rings. The first-order valence-electron chi connectivity index (χ1n) is 10.1. The van der Waals surface area contributed by atoms with E-state index in [2.05, 4.69) is 26.1 Å². The average Bonchev–Trinajstić information content (AvgIpc) is 2.71. The van der Waals surface area contributed by atoms with Crippen LogP contribution in [0.4, 0.5) is 10.1 Å². The molecule has 2 heterocycles. The van der Waals surface area contributed by atoms with Crippen molar-refractivity contribution in [2.45, 2.75) is 13.5 Å². The van der Waals surface area contributed by atoms with E-state index in [9.17, 15) is 14.0 Å². The molecule has 1 N–H and O–H groups in total. The zero-order valence-electron chi connectivity index (χ0n) is 17.2. The highest BCUT2D eigenvalue weighted by molar-refractivity contribution is 9.10. The van der Waals surface area contributed by atoms with Gasteiger partial charge in [0.15, 0.2) is 0 Å². The fourth-order valence-corrected chi connectivity index (χ4v) is 4.13. The van der Waals surface area contributed by atoms with Gasteiger partial charge in [0.2, 0.25) is 5.91 Å². The summed E-state index contributed by atoms with van der Waals surface area (Å²) in [7, 11) is 0. The second kappa shape index (κ2) is 9.30. The van der Waals surface area contributed by atoms with Gasteiger partial charge in [-0.2, -0.15) is 0 Å². The van der Waals surface area contributed by atoms with Crippen LogP contribution in [0.25, 0.3) is 11.0 Å². The summed E-state index contributed by atoms with van der Waals surface area (Å²) in [5.41, 5.74) is 2.43. The van der Waals surface area contributed by atoms with Crippen molar-refractivity contribution in [2.75, 3.05) is 38.0 Å². The number of amides is 1. The summed E-state index contributed by atoms with van der Waals surface area (Å²) in [6.07, 6.45) is 0. The Hall–Kier alpha value is -2.55. The summed E-state index contributed by atoms with van der Waals surface area (Å²) in [6, 6.07) is 12.0. The Kier molecular flexibility index (Phi) is 6.50. The first kappa shape index (κ1) is 21.7. The highest BCUT2D eigenvalue weighted by Crippen LogP contribution is 2.21. The Morgan fingerprint density at radius 1 is 1.10 bits per heavy atom. The Morgan fingerprint density at radius 2 is 1.84 bits per heavy atom. The third-order valence-corrected chi connectivity index (χ3v) is 5.91. The summed E-state index contributed by atoms with van der Waals surface area (Å²) in [6.45, 7) is 5.80. The molecule has 0 spiro atoms. The second-order valence-electron chi connectivity index (χ2n) is 7.81. The van der Waals surface area contributed by atoms with Gasteiger partial charge >= 0.3 is 5.63 Å². The summed E-state index contributed by atoms with van der Waals surface area (Å²) >= 11 is 3.20. The first-order valence-corrected chi connectivity index (χ1v) is 10.9. The standard InChI is InChI=1S/C23H23BrFN3O3/c1-15-2-4-18-16(11-23(30)31-21(18)10-15)13-27-6-8-28(9-7-27)14-22(29)26-20-5-3-17(24)12-19(20)25/h2-5,10-12H,6-9,13-14H2,1H3,(H,26,29). The zero-order valence-corrected chi connectivity index (χ0v) is 18.7. The predicted octanol–water partition coefficient (Wildman–Crippen LogP) is 3.76. The molecule has 1 aliphatic heterocycles. The van der Waals surface area contributed by atoms with E-state index < -0.39 is 5.82 Å². The van der Waals surface area contributed by atoms with Crippen LogP contribution < -0.4 is 10.9 Å². The lowest BCUT2D eigenvalue weighted by Crippen LogP contribution is -2.48. The molecule has 4 rings (SSSR count). The van der Waals surface area contributed by atoms with Gasteiger partial charge in [-0.25, -0.2) is 9.18 Å². The third-order valence-electron chi connectivity index (χ3n) is 5.42. The normalized spacial score (nSPS) is 15.3. The number of carbonyl (C=O) groups is 1. The molecule has 0 unspecified atom stereocenters. The van der Waals surface area contributed by atoms with Gasteiger partial charge in [0.1, 0.15) is 11.4 Å². The number of nitrogens with one attached hydrogen (secondary N) is 1. The number of nitrogens with zero attached hydrogens (tertiary/aromatic N) is 2. The number of carbonyl (C=O) groups excluding carboxylic acids is 1. The minimum Gasteiger partial charge on any atom is -0.423 e. The van der Waals surface area contributed by atoms with E-state index in [0.717, 1.165) is 29.6 Å². The SMILES string of the molecule is Cc1ccc2c(CN3CCN(CC(=O)Nc4ccc(Br)cc4F)CC3)cc(=O)oc2c1. The van der Waals surface area contributed by atoms with Crippen LogP contribution in [0.15, 0.2) is 56.1 Å². The summed E-state index contributed by atoms with van der Waals surface area (Å²) in [5, 5.41) is 3.58. The molecule has 2 aromatic carbocycles. The van der Waals surface area contributed by atoms with E-state index in [1.165, 1.54) is 12.1 Å². The number of benzene rings is 2. The van der Waals surface area contributed by atoms with Gasteiger partial charge in [0, 0.05) is 48.6 Å². The molecule has 0 aliphatic carbocycles. The van der Waals surface area contributed by atoms with Crippen LogP contribution in [0.3, 0.4) is 0 Å². The van der Waals surface area contributed by atoms with Crippen LogP contribution in [0.5, 0.6) is 0 Å². The number of anilines is 1. The number of fused-ring (bicyclic) bond motifs is 1. The summed E-state index contributed by atoms with van der Waals surface area (Å²) in [4.78, 5) is 28.6. The maximum absolute atomic E-state index is 13.9. The fourth-order valence-electron chi connectivity index (χ4n) is 3.80. The van der Waals surface area contributed by atoms with E-state index in [0.29, 0.717) is 29.7 Å². The minimum atomic E-state index is -0.470. The lowest BCUT2D eigenvalue weighted by molar-refractivity contribution is -0.117. The van der Waals surface area contributed by atoms with Crippen molar-refractivity contribution in [3.05, 3.63) is 74.3 Å². The molecule has 1 saturated heterocycles. The Bertz CT molecular complexity index is 1170. The smallest absolute Gasteiger partial charge is 0.336 e. The maximum atomic E-state index is 13.9. The quantitative estimate of drug-likeness (QED) is 0.555. The van der Waals surface area contributed by atoms with Crippen LogP contribution >= 0.6 is 15.9 Å². The van der Waals surface area contributed by atoms with Crippen molar-refractivity contribution in [1.82, 2.24) is 9.80 Å². The Balaban J connectivity index is 1.33. The van der Waals surface area contributed by atoms with Gasteiger partial charge in [0.25, 0.3) is 0 Å². The van der Waals surface area contributed by atoms with Gasteiger partial charge in [-0.05, 0) is 42.3 Å². The number of hydrogen-bond donors (Lipinski definition) is 1. The largest absolute Gasteiger partial charge is 0.423 e. The summed E-state index contributed by atoms with van der Waals surface area (Å²) < 4.78 is 19.9. The molecule has 6 nitrogen and oxygen atoms in total. The van der Waals surface area contributed by atoms with Crippen molar-refractivity contribution < 1.29 is 13.6 Å². The van der Waals surface area contributed by atoms with Gasteiger partial charge in [-0.1, -0.05) is 28.1 Å². The first-order chi connectivity index (χ1) is 14.9. The molecule has 31 heavy (non-hydrogen) atoms. The molecule has 0 atom stereocenters. The van der Waals surface area contributed by atoms with Crippen molar-refractivity contribution >= 4 is 38.5 Å². The van der Waals surface area contributed by atoms with Crippen LogP contribution in [-0.4, -0.2) is 48.4 Å². The van der Waals surface area contributed by atoms with Gasteiger partial charge in [-0.3, -0.25) is 14.6 Å². The van der Waals surface area contributed by atoms with Gasteiger partial charge in [0.05, 0.1) is 12.2 Å². The van der Waals surface area contributed by atoms with E-state index in [4.69, 9.17) is 4.42 Å². The molecule has 162 valence electrons. The molecule has 0 bridgehead atoms. The second-order valence-corrected chi connectivity index (χ2v) is 8.73. The number of rotatable bonds is 5. The zero-order chi connectivity index (χ0) is 22.0. The molecule has 0 saturated carbocycles. The van der Waals surface area contributed by atoms with Crippen LogP contribution in [0, 0.1) is 12.7 Å². The fraction of sp³-hybridized carbons (Fsp3) is 0.304. The Labute approximate surface area is 187 Å². The van der Waals surface area contributed by atoms with E-state index in [1.54, 1.807) is 12.1 Å². The van der Waals surface area contributed by atoms with E-state index in [1.807, 2.05) is 30.0 Å². The van der Waals surface area contributed by atoms with Crippen LogP contribution in [0.1, 0.15) is 11.1 Å². The van der Waals surface area contributed by atoms with E-state index in [-0.39, 0.29) is 23.8 Å². The number of piperazine rings is 1. The maximum Gasteiger partial charge on any atom is 0.336 e. The summed E-state index contributed by atoms with van der Waals surface area (Å²) in [5.74, 6) is -0.709. The number of aryl methyl sites for hydroxylation is 1.